The molecule has 0 atom stereocenters. The highest BCUT2D eigenvalue weighted by molar-refractivity contribution is 7.91. The van der Waals surface area contributed by atoms with Gasteiger partial charge in [-0.15, -0.1) is 0 Å². The van der Waals surface area contributed by atoms with Gasteiger partial charge in [-0.05, 0) is 37.3 Å². The second-order valence-electron chi connectivity index (χ2n) is 7.88. The van der Waals surface area contributed by atoms with Crippen LogP contribution in [0.3, 0.4) is 0 Å². The first-order valence-electron chi connectivity index (χ1n) is 10.7. The van der Waals surface area contributed by atoms with Crippen molar-refractivity contribution in [2.75, 3.05) is 5.75 Å². The van der Waals surface area contributed by atoms with Gasteiger partial charge in [0.2, 0.25) is 0 Å². The summed E-state index contributed by atoms with van der Waals surface area (Å²) < 4.78 is 68.6. The quantitative estimate of drug-likeness (QED) is 0.318. The van der Waals surface area contributed by atoms with Crippen LogP contribution in [0, 0.1) is 0 Å². The second kappa shape index (κ2) is 9.20. The minimum atomic E-state index is -4.79. The highest BCUT2D eigenvalue weighted by Gasteiger charge is 2.36. The minimum absolute atomic E-state index is 0.0713. The zero-order chi connectivity index (χ0) is 26.6. The first-order chi connectivity index (χ1) is 16.8. The summed E-state index contributed by atoms with van der Waals surface area (Å²) in [4.78, 5) is 21.6. The van der Waals surface area contributed by atoms with Gasteiger partial charge in [0.05, 0.1) is 31.9 Å². The molecule has 0 N–H and O–H groups in total. The van der Waals surface area contributed by atoms with Crippen LogP contribution in [-0.2, 0) is 29.6 Å². The molecule has 0 unspecified atom stereocenters. The maximum absolute atomic E-state index is 13.6. The molecular weight excluding hydrogens is 540 g/mol. The van der Waals surface area contributed by atoms with E-state index in [0.29, 0.717) is 20.8 Å². The van der Waals surface area contributed by atoms with Crippen LogP contribution in [0.5, 0.6) is 0 Å². The highest BCUT2D eigenvalue weighted by atomic mass is 35.5. The number of alkyl halides is 3. The molecule has 7 nitrogen and oxygen atoms in total. The van der Waals surface area contributed by atoms with E-state index in [4.69, 9.17) is 23.2 Å². The summed E-state index contributed by atoms with van der Waals surface area (Å²) in [6.45, 7) is 2.66. The molecule has 190 valence electrons. The number of fused-ring (bicyclic) bond motifs is 1. The standard InChI is InChI=1S/C23H19Cl2F3N4O3S/c1-4-32-18(23(26,27)28)11-16-20(22(32)33)31(3)21(30-16)19-17(36(34,35)5-2)9-8-15(29-19)12-6-7-13(24)14(25)10-12/h6-11H,4-5H2,1-3H3. The lowest BCUT2D eigenvalue weighted by Crippen LogP contribution is -2.28. The number of hydrogen-bond acceptors (Lipinski definition) is 5. The van der Waals surface area contributed by atoms with Gasteiger partial charge in [0.25, 0.3) is 5.56 Å². The van der Waals surface area contributed by atoms with Crippen LogP contribution in [0.15, 0.2) is 46.1 Å². The molecule has 4 rings (SSSR count). The number of imidazole rings is 1. The van der Waals surface area contributed by atoms with Crippen molar-refractivity contribution in [3.8, 4) is 22.8 Å². The molecule has 0 saturated carbocycles. The van der Waals surface area contributed by atoms with Crippen molar-refractivity contribution in [3.63, 3.8) is 0 Å². The molecule has 0 aliphatic heterocycles. The number of rotatable bonds is 5. The van der Waals surface area contributed by atoms with Crippen molar-refractivity contribution in [2.24, 2.45) is 7.05 Å². The van der Waals surface area contributed by atoms with Crippen LogP contribution >= 0.6 is 23.2 Å². The number of benzene rings is 1. The predicted octanol–water partition coefficient (Wildman–Crippen LogP) is 5.60. The smallest absolute Gasteiger partial charge is 0.321 e. The zero-order valence-electron chi connectivity index (χ0n) is 19.2. The predicted molar refractivity (Wildman–Crippen MR) is 132 cm³/mol. The topological polar surface area (TPSA) is 86.8 Å². The SMILES string of the molecule is CCn1c(C(F)(F)F)cc2nc(-c3nc(-c4ccc(Cl)c(Cl)c4)ccc3S(=O)(=O)CC)n(C)c2c1=O. The highest BCUT2D eigenvalue weighted by Crippen LogP contribution is 2.34. The van der Waals surface area contributed by atoms with Crippen molar-refractivity contribution in [2.45, 2.75) is 31.5 Å². The second-order valence-corrected chi connectivity index (χ2v) is 10.9. The van der Waals surface area contributed by atoms with Crippen molar-refractivity contribution in [1.29, 1.82) is 0 Å². The molecule has 0 aliphatic rings. The average molecular weight is 559 g/mol. The van der Waals surface area contributed by atoms with E-state index < -0.39 is 27.3 Å². The third-order valence-electron chi connectivity index (χ3n) is 5.74. The van der Waals surface area contributed by atoms with Crippen LogP contribution in [0.2, 0.25) is 10.0 Å². The summed E-state index contributed by atoms with van der Waals surface area (Å²) in [5, 5.41) is 0.569. The normalized spacial score (nSPS) is 12.4. The van der Waals surface area contributed by atoms with Crippen molar-refractivity contribution in [3.05, 3.63) is 62.5 Å². The van der Waals surface area contributed by atoms with Gasteiger partial charge in [0.1, 0.15) is 16.9 Å². The summed E-state index contributed by atoms with van der Waals surface area (Å²) in [5.74, 6) is -0.323. The lowest BCUT2D eigenvalue weighted by Gasteiger charge is -2.14. The van der Waals surface area contributed by atoms with Gasteiger partial charge in [-0.3, -0.25) is 4.79 Å². The average Bonchev–Trinajstić information content (AvgIpc) is 3.16. The van der Waals surface area contributed by atoms with Crippen LogP contribution in [-0.4, -0.2) is 33.3 Å². The number of hydrogen-bond donors (Lipinski definition) is 0. The first-order valence-corrected chi connectivity index (χ1v) is 13.1. The Morgan fingerprint density at radius 1 is 1.00 bits per heavy atom. The van der Waals surface area contributed by atoms with Crippen LogP contribution in [0.25, 0.3) is 33.8 Å². The van der Waals surface area contributed by atoms with E-state index in [1.54, 1.807) is 18.2 Å². The van der Waals surface area contributed by atoms with Gasteiger partial charge >= 0.3 is 6.18 Å². The summed E-state index contributed by atoms with van der Waals surface area (Å²) in [7, 11) is -2.40. The molecule has 0 aliphatic carbocycles. The minimum Gasteiger partial charge on any atom is -0.321 e. The summed E-state index contributed by atoms with van der Waals surface area (Å²) in [6.07, 6.45) is -4.79. The summed E-state index contributed by atoms with van der Waals surface area (Å²) in [6, 6.07) is 8.36. The molecule has 13 heteroatoms. The fourth-order valence-corrected chi connectivity index (χ4v) is 5.22. The van der Waals surface area contributed by atoms with E-state index in [2.05, 4.69) is 9.97 Å². The van der Waals surface area contributed by atoms with Crippen LogP contribution < -0.4 is 5.56 Å². The summed E-state index contributed by atoms with van der Waals surface area (Å²) in [5.41, 5.74) is -1.63. The molecule has 0 spiro atoms. The van der Waals surface area contributed by atoms with Crippen molar-refractivity contribution < 1.29 is 21.6 Å². The monoisotopic (exact) mass is 558 g/mol. The van der Waals surface area contributed by atoms with E-state index in [9.17, 15) is 26.4 Å². The van der Waals surface area contributed by atoms with Gasteiger partial charge in [0, 0.05) is 19.2 Å². The number of halogens is 5. The fourth-order valence-electron chi connectivity index (χ4n) is 3.91. The molecule has 36 heavy (non-hydrogen) atoms. The van der Waals surface area contributed by atoms with Crippen LogP contribution in [0.4, 0.5) is 13.2 Å². The van der Waals surface area contributed by atoms with Gasteiger partial charge in [-0.2, -0.15) is 13.2 Å². The van der Waals surface area contributed by atoms with E-state index in [0.717, 1.165) is 6.07 Å². The number of pyridine rings is 2. The Bertz CT molecular complexity index is 1680. The van der Waals surface area contributed by atoms with Crippen molar-refractivity contribution >= 4 is 44.1 Å². The summed E-state index contributed by atoms with van der Waals surface area (Å²) >= 11 is 12.1. The Kier molecular flexibility index (Phi) is 6.69. The molecule has 0 bridgehead atoms. The van der Waals surface area contributed by atoms with Crippen LogP contribution in [0.1, 0.15) is 19.5 Å². The van der Waals surface area contributed by atoms with E-state index in [-0.39, 0.29) is 44.8 Å². The van der Waals surface area contributed by atoms with Gasteiger partial charge < -0.3 is 9.13 Å². The van der Waals surface area contributed by atoms with E-state index in [1.165, 1.54) is 37.6 Å². The number of sulfone groups is 1. The first kappa shape index (κ1) is 26.2. The Morgan fingerprint density at radius 3 is 2.28 bits per heavy atom. The van der Waals surface area contributed by atoms with Gasteiger partial charge in [-0.1, -0.05) is 36.2 Å². The Labute approximate surface area is 214 Å². The van der Waals surface area contributed by atoms with Gasteiger partial charge in [-0.25, -0.2) is 18.4 Å². The number of nitrogens with zero attached hydrogens (tertiary/aromatic N) is 4. The van der Waals surface area contributed by atoms with Crippen molar-refractivity contribution in [1.82, 2.24) is 19.1 Å². The van der Waals surface area contributed by atoms with Gasteiger partial charge in [0.15, 0.2) is 15.7 Å². The molecule has 0 amide bonds. The maximum Gasteiger partial charge on any atom is 0.431 e. The molecular formula is C23H19Cl2F3N4O3S. The number of aromatic nitrogens is 4. The Morgan fingerprint density at radius 2 is 1.69 bits per heavy atom. The molecule has 3 aromatic heterocycles. The lowest BCUT2D eigenvalue weighted by atomic mass is 10.1. The number of aryl methyl sites for hydroxylation is 1. The third kappa shape index (κ3) is 4.39. The fraction of sp³-hybridized carbons (Fsp3) is 0.261. The largest absolute Gasteiger partial charge is 0.431 e. The third-order valence-corrected chi connectivity index (χ3v) is 8.24. The molecule has 0 fully saturated rings. The zero-order valence-corrected chi connectivity index (χ0v) is 21.5. The Balaban J connectivity index is 2.07. The van der Waals surface area contributed by atoms with E-state index in [1.807, 2.05) is 0 Å². The molecule has 0 saturated heterocycles. The maximum atomic E-state index is 13.6. The lowest BCUT2D eigenvalue weighted by molar-refractivity contribution is -0.144. The Hall–Kier alpha value is -2.89. The molecule has 4 aromatic rings. The molecule has 1 aromatic carbocycles. The van der Waals surface area contributed by atoms with E-state index >= 15 is 0 Å². The molecule has 0 radical (unpaired) electrons. The molecule has 3 heterocycles.